The molecule has 0 bridgehead atoms. The van der Waals surface area contributed by atoms with Crippen LogP contribution in [-0.4, -0.2) is 74.5 Å². The third-order valence-corrected chi connectivity index (χ3v) is 5.16. The maximum atomic E-state index is 12.4. The van der Waals surface area contributed by atoms with Crippen LogP contribution in [0.1, 0.15) is 19.8 Å². The molecule has 0 aromatic heterocycles. The Morgan fingerprint density at radius 2 is 1.56 bits per heavy atom. The molecule has 2 heterocycles. The first-order chi connectivity index (χ1) is 12.0. The number of likely N-dealkylation sites (N-methyl/N-ethyl adjacent to an activating group) is 1. The number of likely N-dealkylation sites (tertiary alicyclic amines) is 1. The number of hydrogen-bond acceptors (Lipinski definition) is 4. The molecule has 0 radical (unpaired) electrons. The lowest BCUT2D eigenvalue weighted by Gasteiger charge is -2.34. The number of benzene rings is 1. The van der Waals surface area contributed by atoms with Crippen LogP contribution >= 0.6 is 0 Å². The minimum atomic E-state index is -0.0973. The Morgan fingerprint density at radius 3 is 2.12 bits per heavy atom. The van der Waals surface area contributed by atoms with Gasteiger partial charge in [-0.05, 0) is 44.2 Å². The van der Waals surface area contributed by atoms with Crippen molar-refractivity contribution in [2.24, 2.45) is 0 Å². The van der Waals surface area contributed by atoms with E-state index in [4.69, 9.17) is 0 Å². The molecule has 0 aliphatic carbocycles. The van der Waals surface area contributed by atoms with E-state index in [1.165, 1.54) is 12.6 Å². The zero-order chi connectivity index (χ0) is 17.8. The third kappa shape index (κ3) is 4.31. The van der Waals surface area contributed by atoms with Crippen molar-refractivity contribution in [1.82, 2.24) is 9.80 Å². The summed E-state index contributed by atoms with van der Waals surface area (Å²) in [5.74, 6) is -0.0595. The van der Waals surface area contributed by atoms with Crippen LogP contribution in [0.3, 0.4) is 0 Å². The van der Waals surface area contributed by atoms with Gasteiger partial charge in [-0.25, -0.2) is 0 Å². The number of amides is 2. The Bertz CT molecular complexity index is 602. The van der Waals surface area contributed by atoms with Crippen molar-refractivity contribution >= 4 is 23.2 Å². The minimum Gasteiger partial charge on any atom is -0.369 e. The van der Waals surface area contributed by atoms with Crippen LogP contribution in [-0.2, 0) is 9.59 Å². The lowest BCUT2D eigenvalue weighted by molar-refractivity contribution is -0.130. The van der Waals surface area contributed by atoms with Crippen molar-refractivity contribution in [2.45, 2.75) is 19.8 Å². The number of carbonyl (C=O) groups is 2. The van der Waals surface area contributed by atoms with Gasteiger partial charge >= 0.3 is 0 Å². The van der Waals surface area contributed by atoms with Gasteiger partial charge < -0.3 is 19.6 Å². The van der Waals surface area contributed by atoms with Gasteiger partial charge in [0.15, 0.2) is 0 Å². The van der Waals surface area contributed by atoms with E-state index in [1.54, 1.807) is 4.90 Å². The fourth-order valence-electron chi connectivity index (χ4n) is 3.49. The molecule has 0 atom stereocenters. The summed E-state index contributed by atoms with van der Waals surface area (Å²) in [6.45, 7) is 7.42. The topological polar surface area (TPSA) is 47.1 Å². The maximum absolute atomic E-state index is 12.4. The average molecular weight is 344 g/mol. The molecule has 25 heavy (non-hydrogen) atoms. The van der Waals surface area contributed by atoms with Crippen molar-refractivity contribution in [3.05, 3.63) is 24.3 Å². The maximum Gasteiger partial charge on any atom is 0.242 e. The average Bonchev–Trinajstić information content (AvgIpc) is 3.15. The van der Waals surface area contributed by atoms with E-state index in [1.807, 2.05) is 17.0 Å². The molecule has 2 aliphatic heterocycles. The van der Waals surface area contributed by atoms with Crippen molar-refractivity contribution in [3.63, 3.8) is 0 Å². The van der Waals surface area contributed by atoms with Crippen LogP contribution in [0.25, 0.3) is 0 Å². The second-order valence-corrected chi connectivity index (χ2v) is 7.00. The summed E-state index contributed by atoms with van der Waals surface area (Å²) in [5, 5.41) is 0. The highest BCUT2D eigenvalue weighted by Crippen LogP contribution is 2.22. The molecule has 136 valence electrons. The number of rotatable bonds is 4. The lowest BCUT2D eigenvalue weighted by Crippen LogP contribution is -2.44. The van der Waals surface area contributed by atoms with Gasteiger partial charge in [-0.1, -0.05) is 0 Å². The van der Waals surface area contributed by atoms with Gasteiger partial charge in [0.2, 0.25) is 11.8 Å². The highest BCUT2D eigenvalue weighted by Gasteiger charge is 2.23. The fraction of sp³-hybridized carbons (Fsp3) is 0.579. The molecule has 0 spiro atoms. The summed E-state index contributed by atoms with van der Waals surface area (Å²) in [7, 11) is 2.14. The van der Waals surface area contributed by atoms with Crippen molar-refractivity contribution in [2.75, 3.05) is 62.7 Å². The second-order valence-electron chi connectivity index (χ2n) is 7.00. The van der Waals surface area contributed by atoms with Gasteiger partial charge in [0.1, 0.15) is 6.54 Å². The Labute approximate surface area is 150 Å². The monoisotopic (exact) mass is 344 g/mol. The molecule has 3 rings (SSSR count). The van der Waals surface area contributed by atoms with E-state index >= 15 is 0 Å². The fourth-order valence-corrected chi connectivity index (χ4v) is 3.49. The number of hydrogen-bond donors (Lipinski definition) is 0. The Balaban J connectivity index is 1.67. The molecule has 0 saturated carbocycles. The third-order valence-electron chi connectivity index (χ3n) is 5.16. The Hall–Kier alpha value is -2.08. The van der Waals surface area contributed by atoms with Gasteiger partial charge in [0.25, 0.3) is 0 Å². The molecule has 1 aromatic carbocycles. The second kappa shape index (κ2) is 7.87. The van der Waals surface area contributed by atoms with Gasteiger partial charge in [0, 0.05) is 57.6 Å². The van der Waals surface area contributed by atoms with Crippen LogP contribution in [0.2, 0.25) is 0 Å². The van der Waals surface area contributed by atoms with Gasteiger partial charge in [-0.3, -0.25) is 9.59 Å². The first kappa shape index (κ1) is 17.7. The first-order valence-electron chi connectivity index (χ1n) is 9.14. The zero-order valence-electron chi connectivity index (χ0n) is 15.3. The minimum absolute atomic E-state index is 0.0378. The van der Waals surface area contributed by atoms with Crippen LogP contribution < -0.4 is 9.80 Å². The molecular weight excluding hydrogens is 316 g/mol. The van der Waals surface area contributed by atoms with Gasteiger partial charge in [0.05, 0.1) is 0 Å². The van der Waals surface area contributed by atoms with Gasteiger partial charge in [-0.15, -0.1) is 0 Å². The van der Waals surface area contributed by atoms with Crippen LogP contribution in [0.15, 0.2) is 24.3 Å². The largest absolute Gasteiger partial charge is 0.369 e. The van der Waals surface area contributed by atoms with E-state index in [0.29, 0.717) is 0 Å². The summed E-state index contributed by atoms with van der Waals surface area (Å²) in [5.41, 5.74) is 1.96. The van der Waals surface area contributed by atoms with E-state index in [9.17, 15) is 9.59 Å². The number of anilines is 2. The molecule has 2 fully saturated rings. The zero-order valence-corrected chi connectivity index (χ0v) is 15.3. The molecule has 0 N–H and O–H groups in total. The Morgan fingerprint density at radius 1 is 0.960 bits per heavy atom. The quantitative estimate of drug-likeness (QED) is 0.829. The number of piperazine rings is 1. The normalized spacial score (nSPS) is 18.5. The summed E-state index contributed by atoms with van der Waals surface area (Å²) in [6, 6.07) is 8.01. The standard InChI is InChI=1S/C19H28N4O2/c1-16(24)23(15-19(25)22-9-3-4-10-22)18-7-5-17(6-8-18)21-13-11-20(2)12-14-21/h5-8H,3-4,9-15H2,1-2H3. The molecule has 6 heteroatoms. The predicted molar refractivity (Wildman–Crippen MR) is 100.0 cm³/mol. The van der Waals surface area contributed by atoms with E-state index in [-0.39, 0.29) is 18.4 Å². The van der Waals surface area contributed by atoms with Crippen molar-refractivity contribution < 1.29 is 9.59 Å². The van der Waals surface area contributed by atoms with Crippen LogP contribution in [0, 0.1) is 0 Å². The SMILES string of the molecule is CC(=O)N(CC(=O)N1CCCC1)c1ccc(N2CCN(C)CC2)cc1. The molecule has 6 nitrogen and oxygen atoms in total. The molecule has 2 aliphatic rings. The lowest BCUT2D eigenvalue weighted by atomic mass is 10.2. The summed E-state index contributed by atoms with van der Waals surface area (Å²) in [6.07, 6.45) is 2.12. The summed E-state index contributed by atoms with van der Waals surface area (Å²) >= 11 is 0. The first-order valence-corrected chi connectivity index (χ1v) is 9.14. The van der Waals surface area contributed by atoms with Crippen LogP contribution in [0.4, 0.5) is 11.4 Å². The number of nitrogens with zero attached hydrogens (tertiary/aromatic N) is 4. The molecule has 2 saturated heterocycles. The predicted octanol–water partition coefficient (Wildman–Crippen LogP) is 1.41. The molecule has 0 unspecified atom stereocenters. The van der Waals surface area contributed by atoms with E-state index in [0.717, 1.165) is 57.8 Å². The highest BCUT2D eigenvalue weighted by molar-refractivity contribution is 5.97. The van der Waals surface area contributed by atoms with Gasteiger partial charge in [-0.2, -0.15) is 0 Å². The van der Waals surface area contributed by atoms with Crippen LogP contribution in [0.5, 0.6) is 0 Å². The molecular formula is C19H28N4O2. The van der Waals surface area contributed by atoms with Crippen molar-refractivity contribution in [1.29, 1.82) is 0 Å². The molecule has 2 amide bonds. The van der Waals surface area contributed by atoms with Crippen molar-refractivity contribution in [3.8, 4) is 0 Å². The van der Waals surface area contributed by atoms with E-state index < -0.39 is 0 Å². The molecule has 1 aromatic rings. The smallest absolute Gasteiger partial charge is 0.242 e. The summed E-state index contributed by atoms with van der Waals surface area (Å²) in [4.78, 5) is 32.6. The Kier molecular flexibility index (Phi) is 5.58. The number of carbonyl (C=O) groups excluding carboxylic acids is 2. The summed E-state index contributed by atoms with van der Waals surface area (Å²) < 4.78 is 0. The van der Waals surface area contributed by atoms with E-state index in [2.05, 4.69) is 29.0 Å². The highest BCUT2D eigenvalue weighted by atomic mass is 16.2.